The standard InChI is InChI=1S/C25H25FN4O2S/c1-3-13-30-24(32)23-22(20(15-29(23)2)18-7-5-4-6-8-18)28-25(30)33-16-21(31)27-14-17-9-11-19(26)12-10-17/h4-12,15H,3,13-14,16H2,1-2H3,(H,27,31). The van der Waals surface area contributed by atoms with Crippen LogP contribution in [0.4, 0.5) is 4.39 Å². The largest absolute Gasteiger partial charge is 0.351 e. The van der Waals surface area contributed by atoms with Gasteiger partial charge in [0.2, 0.25) is 5.91 Å². The average Bonchev–Trinajstić information content (AvgIpc) is 3.16. The number of halogens is 1. The molecule has 0 atom stereocenters. The Morgan fingerprint density at radius 2 is 1.85 bits per heavy atom. The van der Waals surface area contributed by atoms with Crippen LogP contribution in [0, 0.1) is 5.82 Å². The van der Waals surface area contributed by atoms with Gasteiger partial charge in [-0.05, 0) is 29.7 Å². The third kappa shape index (κ3) is 5.01. The van der Waals surface area contributed by atoms with Crippen LogP contribution in [0.2, 0.25) is 0 Å². The zero-order valence-corrected chi connectivity index (χ0v) is 19.4. The van der Waals surface area contributed by atoms with Crippen molar-refractivity contribution in [3.63, 3.8) is 0 Å². The van der Waals surface area contributed by atoms with Crippen LogP contribution in [0.15, 0.2) is 70.7 Å². The number of nitrogens with zero attached hydrogens (tertiary/aromatic N) is 3. The number of benzene rings is 2. The molecule has 0 fully saturated rings. The number of amides is 1. The number of carbonyl (C=O) groups excluding carboxylic acids is 1. The van der Waals surface area contributed by atoms with Crippen LogP contribution in [0.25, 0.3) is 22.2 Å². The van der Waals surface area contributed by atoms with E-state index in [4.69, 9.17) is 4.98 Å². The highest BCUT2D eigenvalue weighted by molar-refractivity contribution is 7.99. The molecule has 4 rings (SSSR count). The minimum Gasteiger partial charge on any atom is -0.351 e. The summed E-state index contributed by atoms with van der Waals surface area (Å²) in [4.78, 5) is 30.6. The van der Waals surface area contributed by atoms with Gasteiger partial charge in [0.05, 0.1) is 5.75 Å². The lowest BCUT2D eigenvalue weighted by Crippen LogP contribution is -2.27. The van der Waals surface area contributed by atoms with Crippen LogP contribution in [-0.2, 0) is 24.9 Å². The SMILES string of the molecule is CCCn1c(SCC(=O)NCc2ccc(F)cc2)nc2c(-c3ccccc3)cn(C)c2c1=O. The van der Waals surface area contributed by atoms with E-state index in [0.29, 0.717) is 29.3 Å². The Labute approximate surface area is 195 Å². The topological polar surface area (TPSA) is 68.9 Å². The lowest BCUT2D eigenvalue weighted by atomic mass is 10.1. The lowest BCUT2D eigenvalue weighted by molar-refractivity contribution is -0.118. The maximum atomic E-state index is 13.3. The van der Waals surface area contributed by atoms with E-state index >= 15 is 0 Å². The zero-order valence-electron chi connectivity index (χ0n) is 18.5. The number of aryl methyl sites for hydroxylation is 1. The van der Waals surface area contributed by atoms with E-state index in [-0.39, 0.29) is 23.0 Å². The number of hydrogen-bond acceptors (Lipinski definition) is 4. The minimum absolute atomic E-state index is 0.110. The molecule has 2 aromatic heterocycles. The normalized spacial score (nSPS) is 11.1. The van der Waals surface area contributed by atoms with E-state index in [9.17, 15) is 14.0 Å². The Kier molecular flexibility index (Phi) is 6.93. The second kappa shape index (κ2) is 10.0. The maximum Gasteiger partial charge on any atom is 0.278 e. The first kappa shape index (κ1) is 22.8. The van der Waals surface area contributed by atoms with E-state index in [0.717, 1.165) is 23.1 Å². The molecule has 0 aliphatic carbocycles. The van der Waals surface area contributed by atoms with Crippen molar-refractivity contribution in [2.75, 3.05) is 5.75 Å². The number of carbonyl (C=O) groups is 1. The molecule has 2 heterocycles. The van der Waals surface area contributed by atoms with E-state index in [1.54, 1.807) is 16.7 Å². The van der Waals surface area contributed by atoms with Crippen LogP contribution in [-0.4, -0.2) is 25.8 Å². The summed E-state index contributed by atoms with van der Waals surface area (Å²) in [6.45, 7) is 2.83. The monoisotopic (exact) mass is 464 g/mol. The van der Waals surface area contributed by atoms with Crippen molar-refractivity contribution >= 4 is 28.7 Å². The first-order chi connectivity index (χ1) is 16.0. The smallest absolute Gasteiger partial charge is 0.278 e. The zero-order chi connectivity index (χ0) is 23.4. The quantitative estimate of drug-likeness (QED) is 0.311. The molecule has 0 unspecified atom stereocenters. The van der Waals surface area contributed by atoms with Crippen molar-refractivity contribution < 1.29 is 9.18 Å². The third-order valence-electron chi connectivity index (χ3n) is 5.31. The van der Waals surface area contributed by atoms with Gasteiger partial charge in [-0.3, -0.25) is 14.2 Å². The van der Waals surface area contributed by atoms with Crippen molar-refractivity contribution in [2.45, 2.75) is 31.6 Å². The molecule has 0 spiro atoms. The van der Waals surface area contributed by atoms with Gasteiger partial charge in [0.1, 0.15) is 16.9 Å². The van der Waals surface area contributed by atoms with Crippen molar-refractivity contribution in [3.05, 3.63) is 82.5 Å². The third-order valence-corrected chi connectivity index (χ3v) is 6.28. The number of rotatable bonds is 8. The molecule has 8 heteroatoms. The van der Waals surface area contributed by atoms with Gasteiger partial charge < -0.3 is 9.88 Å². The van der Waals surface area contributed by atoms with E-state index in [2.05, 4.69) is 5.32 Å². The number of hydrogen-bond donors (Lipinski definition) is 1. The molecule has 4 aromatic rings. The van der Waals surface area contributed by atoms with Gasteiger partial charge in [-0.25, -0.2) is 9.37 Å². The average molecular weight is 465 g/mol. The van der Waals surface area contributed by atoms with Gasteiger partial charge in [-0.1, -0.05) is 61.2 Å². The van der Waals surface area contributed by atoms with Crippen molar-refractivity contribution in [1.29, 1.82) is 0 Å². The summed E-state index contributed by atoms with van der Waals surface area (Å²) >= 11 is 1.25. The number of aromatic nitrogens is 3. The number of nitrogens with one attached hydrogen (secondary N) is 1. The first-order valence-electron chi connectivity index (χ1n) is 10.8. The van der Waals surface area contributed by atoms with Gasteiger partial charge >= 0.3 is 0 Å². The fraction of sp³-hybridized carbons (Fsp3) is 0.240. The molecule has 0 saturated carbocycles. The Morgan fingerprint density at radius 1 is 1.12 bits per heavy atom. The maximum absolute atomic E-state index is 13.3. The molecule has 1 amide bonds. The Morgan fingerprint density at radius 3 is 2.55 bits per heavy atom. The van der Waals surface area contributed by atoms with Crippen LogP contribution in [0.1, 0.15) is 18.9 Å². The highest BCUT2D eigenvalue weighted by Gasteiger charge is 2.19. The van der Waals surface area contributed by atoms with Crippen molar-refractivity contribution in [3.8, 4) is 11.1 Å². The van der Waals surface area contributed by atoms with Gasteiger partial charge in [0, 0.05) is 31.9 Å². The van der Waals surface area contributed by atoms with Gasteiger partial charge in [0.25, 0.3) is 5.56 Å². The molecule has 0 saturated heterocycles. The molecule has 0 aliphatic rings. The predicted octanol–water partition coefficient (Wildman–Crippen LogP) is 4.36. The fourth-order valence-electron chi connectivity index (χ4n) is 3.69. The van der Waals surface area contributed by atoms with E-state index in [1.807, 2.05) is 55.1 Å². The number of thioether (sulfide) groups is 1. The molecule has 6 nitrogen and oxygen atoms in total. The second-order valence-electron chi connectivity index (χ2n) is 7.76. The van der Waals surface area contributed by atoms with Gasteiger partial charge in [0.15, 0.2) is 5.16 Å². The van der Waals surface area contributed by atoms with Crippen LogP contribution < -0.4 is 10.9 Å². The Balaban J connectivity index is 1.60. The highest BCUT2D eigenvalue weighted by Crippen LogP contribution is 2.29. The van der Waals surface area contributed by atoms with Crippen LogP contribution in [0.3, 0.4) is 0 Å². The molecule has 33 heavy (non-hydrogen) atoms. The van der Waals surface area contributed by atoms with E-state index in [1.165, 1.54) is 23.9 Å². The predicted molar refractivity (Wildman–Crippen MR) is 130 cm³/mol. The molecule has 2 aromatic carbocycles. The molecule has 1 N–H and O–H groups in total. The summed E-state index contributed by atoms with van der Waals surface area (Å²) < 4.78 is 16.5. The van der Waals surface area contributed by atoms with Crippen molar-refractivity contribution in [2.24, 2.45) is 7.05 Å². The molecule has 170 valence electrons. The number of fused-ring (bicyclic) bond motifs is 1. The van der Waals surface area contributed by atoms with Gasteiger partial charge in [-0.2, -0.15) is 0 Å². The molecular weight excluding hydrogens is 439 g/mol. The summed E-state index contributed by atoms with van der Waals surface area (Å²) in [5.74, 6) is -0.374. The summed E-state index contributed by atoms with van der Waals surface area (Å²) in [7, 11) is 1.85. The van der Waals surface area contributed by atoms with E-state index < -0.39 is 0 Å². The second-order valence-corrected chi connectivity index (χ2v) is 8.70. The Hall–Kier alpha value is -3.39. The molecular formula is C25H25FN4O2S. The fourth-order valence-corrected chi connectivity index (χ4v) is 4.54. The van der Waals surface area contributed by atoms with Crippen LogP contribution in [0.5, 0.6) is 0 Å². The summed E-state index contributed by atoms with van der Waals surface area (Å²) in [6.07, 6.45) is 2.70. The lowest BCUT2D eigenvalue weighted by Gasteiger charge is -2.12. The molecule has 0 aliphatic heterocycles. The summed E-state index contributed by atoms with van der Waals surface area (Å²) in [5.41, 5.74) is 3.75. The highest BCUT2D eigenvalue weighted by atomic mass is 32.2. The first-order valence-corrected chi connectivity index (χ1v) is 11.8. The Bertz CT molecular complexity index is 1330. The summed E-state index contributed by atoms with van der Waals surface area (Å²) in [6, 6.07) is 15.8. The molecule has 0 radical (unpaired) electrons. The van der Waals surface area contributed by atoms with Crippen molar-refractivity contribution in [1.82, 2.24) is 19.4 Å². The van der Waals surface area contributed by atoms with Crippen LogP contribution >= 0.6 is 11.8 Å². The molecule has 0 bridgehead atoms. The summed E-state index contributed by atoms with van der Waals surface area (Å²) in [5, 5.41) is 3.35. The minimum atomic E-state index is -0.313. The van der Waals surface area contributed by atoms with Gasteiger partial charge in [-0.15, -0.1) is 0 Å².